The fourth-order valence-corrected chi connectivity index (χ4v) is 4.28. The fraction of sp³-hybridized carbons (Fsp3) is 0.316. The van der Waals surface area contributed by atoms with Gasteiger partial charge in [0.2, 0.25) is 6.79 Å². The topological polar surface area (TPSA) is 21.7 Å². The molecule has 1 fully saturated rings. The van der Waals surface area contributed by atoms with Gasteiger partial charge < -0.3 is 14.4 Å². The van der Waals surface area contributed by atoms with E-state index in [1.165, 1.54) is 16.8 Å². The van der Waals surface area contributed by atoms with E-state index in [1.807, 2.05) is 17.8 Å². The fourth-order valence-electron chi connectivity index (χ4n) is 3.22. The molecule has 0 spiro atoms. The van der Waals surface area contributed by atoms with Crippen LogP contribution in [0.25, 0.3) is 0 Å². The zero-order chi connectivity index (χ0) is 15.8. The Bertz CT molecular complexity index is 701. The highest BCUT2D eigenvalue weighted by atomic mass is 32.2. The molecule has 2 unspecified atom stereocenters. The quantitative estimate of drug-likeness (QED) is 0.806. The Balaban J connectivity index is 1.71. The van der Waals surface area contributed by atoms with Crippen molar-refractivity contribution in [1.82, 2.24) is 0 Å². The molecule has 4 heteroatoms. The first-order chi connectivity index (χ1) is 11.2. The van der Waals surface area contributed by atoms with Crippen molar-refractivity contribution in [1.29, 1.82) is 0 Å². The average Bonchev–Trinajstić information content (AvgIpc) is 3.03. The highest BCUT2D eigenvalue weighted by Gasteiger charge is 2.31. The van der Waals surface area contributed by atoms with Crippen LogP contribution >= 0.6 is 11.8 Å². The van der Waals surface area contributed by atoms with Gasteiger partial charge in [-0.25, -0.2) is 0 Å². The van der Waals surface area contributed by atoms with Crippen LogP contribution in [-0.2, 0) is 0 Å². The summed E-state index contributed by atoms with van der Waals surface area (Å²) in [6.45, 7) is 4.70. The molecule has 0 N–H and O–H groups in total. The third-order valence-corrected chi connectivity index (χ3v) is 5.53. The van der Waals surface area contributed by atoms with Crippen molar-refractivity contribution in [3.8, 4) is 11.5 Å². The van der Waals surface area contributed by atoms with Crippen LogP contribution in [0.1, 0.15) is 24.1 Å². The van der Waals surface area contributed by atoms with Gasteiger partial charge in [0, 0.05) is 29.3 Å². The first-order valence-corrected chi connectivity index (χ1v) is 8.97. The van der Waals surface area contributed by atoms with Gasteiger partial charge in [-0.15, -0.1) is 0 Å². The second-order valence-electron chi connectivity index (χ2n) is 6.08. The lowest BCUT2D eigenvalue weighted by molar-refractivity contribution is 0.174. The van der Waals surface area contributed by atoms with E-state index in [1.54, 1.807) is 0 Å². The van der Waals surface area contributed by atoms with E-state index in [-0.39, 0.29) is 0 Å². The number of benzene rings is 2. The SMILES string of the molecule is Cc1ccc(C2CS[CH]C(C)N2c2ccc3c(c2)OCO3)cc1. The number of nitrogens with zero attached hydrogens (tertiary/aromatic N) is 1. The summed E-state index contributed by atoms with van der Waals surface area (Å²) in [5, 5.41) is 0. The molecule has 2 aromatic carbocycles. The molecule has 4 rings (SSSR count). The van der Waals surface area contributed by atoms with Crippen LogP contribution in [0.4, 0.5) is 5.69 Å². The normalized spacial score (nSPS) is 23.1. The van der Waals surface area contributed by atoms with Crippen LogP contribution in [0.15, 0.2) is 42.5 Å². The molecule has 0 bridgehead atoms. The average molecular weight is 326 g/mol. The summed E-state index contributed by atoms with van der Waals surface area (Å²) in [5.41, 5.74) is 3.84. The highest BCUT2D eigenvalue weighted by molar-refractivity contribution is 8.01. The highest BCUT2D eigenvalue weighted by Crippen LogP contribution is 2.42. The standard InChI is InChI=1S/C19H20NO2S/c1-13-3-5-15(6-4-13)17-11-23-10-14(2)20(17)16-7-8-18-19(9-16)22-12-21-18/h3-10,14,17H,11-12H2,1-2H3. The lowest BCUT2D eigenvalue weighted by atomic mass is 10.0. The third kappa shape index (κ3) is 2.76. The number of hydrogen-bond acceptors (Lipinski definition) is 4. The number of hydrogen-bond donors (Lipinski definition) is 0. The first kappa shape index (κ1) is 14.8. The maximum absolute atomic E-state index is 5.56. The van der Waals surface area contributed by atoms with E-state index in [9.17, 15) is 0 Å². The maximum atomic E-state index is 5.56. The van der Waals surface area contributed by atoms with Crippen LogP contribution in [0, 0.1) is 12.7 Å². The molecule has 0 saturated carbocycles. The number of thioether (sulfide) groups is 1. The molecule has 2 aliphatic rings. The zero-order valence-corrected chi connectivity index (χ0v) is 14.2. The molecule has 2 atom stereocenters. The van der Waals surface area contributed by atoms with E-state index in [2.05, 4.69) is 60.9 Å². The lowest BCUT2D eigenvalue weighted by Crippen LogP contribution is -2.41. The van der Waals surface area contributed by atoms with Crippen molar-refractivity contribution in [3.63, 3.8) is 0 Å². The van der Waals surface area contributed by atoms with Crippen LogP contribution in [0.3, 0.4) is 0 Å². The molecular weight excluding hydrogens is 306 g/mol. The lowest BCUT2D eigenvalue weighted by Gasteiger charge is -2.42. The summed E-state index contributed by atoms with van der Waals surface area (Å²) in [6, 6.07) is 15.9. The Kier molecular flexibility index (Phi) is 3.85. The van der Waals surface area contributed by atoms with E-state index in [4.69, 9.17) is 9.47 Å². The van der Waals surface area contributed by atoms with Crippen LogP contribution in [-0.4, -0.2) is 18.6 Å². The monoisotopic (exact) mass is 326 g/mol. The molecule has 2 heterocycles. The predicted octanol–water partition coefficient (Wildman–Crippen LogP) is 4.57. The van der Waals surface area contributed by atoms with E-state index >= 15 is 0 Å². The Labute approximate surface area is 141 Å². The van der Waals surface area contributed by atoms with Gasteiger partial charge in [0.05, 0.1) is 6.04 Å². The minimum absolute atomic E-state index is 0.317. The van der Waals surface area contributed by atoms with Gasteiger partial charge >= 0.3 is 0 Å². The maximum Gasteiger partial charge on any atom is 0.231 e. The van der Waals surface area contributed by atoms with Crippen molar-refractivity contribution in [3.05, 3.63) is 59.3 Å². The molecule has 2 aliphatic heterocycles. The number of fused-ring (bicyclic) bond motifs is 1. The van der Waals surface area contributed by atoms with Gasteiger partial charge in [-0.1, -0.05) is 29.8 Å². The summed E-state index contributed by atoms with van der Waals surface area (Å²) in [7, 11) is 0. The zero-order valence-electron chi connectivity index (χ0n) is 13.4. The van der Waals surface area contributed by atoms with Crippen molar-refractivity contribution in [2.75, 3.05) is 17.4 Å². The Morgan fingerprint density at radius 2 is 1.83 bits per heavy atom. The van der Waals surface area contributed by atoms with Crippen molar-refractivity contribution in [2.24, 2.45) is 0 Å². The summed E-state index contributed by atoms with van der Waals surface area (Å²) in [6.07, 6.45) is 0. The smallest absolute Gasteiger partial charge is 0.231 e. The first-order valence-electron chi connectivity index (χ1n) is 7.92. The van der Waals surface area contributed by atoms with Gasteiger partial charge in [-0.2, -0.15) is 11.8 Å². The Morgan fingerprint density at radius 1 is 1.04 bits per heavy atom. The molecule has 119 valence electrons. The van der Waals surface area contributed by atoms with Crippen molar-refractivity contribution < 1.29 is 9.47 Å². The van der Waals surface area contributed by atoms with E-state index in [0.29, 0.717) is 18.9 Å². The number of ether oxygens (including phenoxy) is 2. The van der Waals surface area contributed by atoms with Gasteiger partial charge in [-0.3, -0.25) is 0 Å². The largest absolute Gasteiger partial charge is 0.454 e. The second kappa shape index (κ2) is 6.00. The molecule has 0 aromatic heterocycles. The molecule has 0 aliphatic carbocycles. The van der Waals surface area contributed by atoms with Crippen molar-refractivity contribution in [2.45, 2.75) is 25.9 Å². The van der Waals surface area contributed by atoms with Crippen molar-refractivity contribution >= 4 is 17.4 Å². The molecule has 3 nitrogen and oxygen atoms in total. The molecule has 2 aromatic rings. The number of rotatable bonds is 2. The second-order valence-corrected chi connectivity index (χ2v) is 7.02. The Morgan fingerprint density at radius 3 is 2.65 bits per heavy atom. The van der Waals surface area contributed by atoms with Crippen LogP contribution < -0.4 is 14.4 Å². The summed E-state index contributed by atoms with van der Waals surface area (Å²) >= 11 is 1.91. The van der Waals surface area contributed by atoms with Gasteiger partial charge in [0.15, 0.2) is 11.5 Å². The minimum Gasteiger partial charge on any atom is -0.454 e. The van der Waals surface area contributed by atoms with Crippen LogP contribution in [0.2, 0.25) is 0 Å². The van der Waals surface area contributed by atoms with E-state index in [0.717, 1.165) is 17.3 Å². The Hall–Kier alpha value is -1.81. The third-order valence-electron chi connectivity index (χ3n) is 4.44. The number of aryl methyl sites for hydroxylation is 1. The number of anilines is 1. The molecule has 1 saturated heterocycles. The predicted molar refractivity (Wildman–Crippen MR) is 95.2 cm³/mol. The molecule has 23 heavy (non-hydrogen) atoms. The molecular formula is C19H20NO2S. The van der Waals surface area contributed by atoms with E-state index < -0.39 is 0 Å². The molecule has 1 radical (unpaired) electrons. The summed E-state index contributed by atoms with van der Waals surface area (Å²) in [4.78, 5) is 2.48. The van der Waals surface area contributed by atoms with Gasteiger partial charge in [0.25, 0.3) is 0 Å². The summed E-state index contributed by atoms with van der Waals surface area (Å²) < 4.78 is 11.0. The van der Waals surface area contributed by atoms with Gasteiger partial charge in [0.1, 0.15) is 0 Å². The minimum atomic E-state index is 0.317. The summed E-state index contributed by atoms with van der Waals surface area (Å²) in [5.74, 6) is 5.05. The molecule has 0 amide bonds. The van der Waals surface area contributed by atoms with Crippen LogP contribution in [0.5, 0.6) is 11.5 Å². The van der Waals surface area contributed by atoms with Gasteiger partial charge in [-0.05, 0) is 31.5 Å².